The van der Waals surface area contributed by atoms with Crippen LogP contribution in [-0.2, 0) is 6.54 Å². The van der Waals surface area contributed by atoms with Crippen molar-refractivity contribution in [1.29, 1.82) is 0 Å². The van der Waals surface area contributed by atoms with Crippen LogP contribution in [0.15, 0.2) is 24.5 Å². The summed E-state index contributed by atoms with van der Waals surface area (Å²) < 4.78 is 0.783. The van der Waals surface area contributed by atoms with Crippen molar-refractivity contribution in [1.82, 2.24) is 9.55 Å². The third-order valence-corrected chi connectivity index (χ3v) is 3.23. The molecule has 0 radical (unpaired) electrons. The van der Waals surface area contributed by atoms with Gasteiger partial charge in [0.05, 0.1) is 5.02 Å². The van der Waals surface area contributed by atoms with Gasteiger partial charge in [-0.25, -0.2) is 0 Å². The minimum Gasteiger partial charge on any atom is -0.358 e. The van der Waals surface area contributed by atoms with E-state index in [1.54, 1.807) is 0 Å². The Hall–Kier alpha value is -2.52. The minimum absolute atomic E-state index is 0.0785. The van der Waals surface area contributed by atoms with Crippen LogP contribution in [0.25, 0.3) is 0 Å². The third-order valence-electron chi connectivity index (χ3n) is 2.68. The molecule has 0 bridgehead atoms. The first-order chi connectivity index (χ1) is 10.3. The molecule has 2 aromatic rings. The first kappa shape index (κ1) is 15.9. The zero-order valence-electron chi connectivity index (χ0n) is 10.6. The molecule has 0 fully saturated rings. The molecule has 0 spiro atoms. The molecule has 1 heterocycles. The molecule has 0 aliphatic rings. The Bertz CT molecular complexity index is 789. The molecule has 0 saturated heterocycles. The molecule has 9 nitrogen and oxygen atoms in total. The fourth-order valence-electron chi connectivity index (χ4n) is 1.75. The lowest BCUT2D eigenvalue weighted by atomic mass is 10.1. The van der Waals surface area contributed by atoms with E-state index >= 15 is 0 Å². The molecular weight excluding hydrogens is 339 g/mol. The summed E-state index contributed by atoms with van der Waals surface area (Å²) in [5.74, 6) is -2.37. The lowest BCUT2D eigenvalue weighted by Gasteiger charge is -2.03. The van der Waals surface area contributed by atoms with Crippen molar-refractivity contribution in [2.75, 3.05) is 0 Å². The van der Waals surface area contributed by atoms with Gasteiger partial charge >= 0.3 is 11.6 Å². The van der Waals surface area contributed by atoms with Crippen molar-refractivity contribution in [3.05, 3.63) is 60.4 Å². The highest BCUT2D eigenvalue weighted by atomic mass is 35.5. The van der Waals surface area contributed by atoms with Crippen molar-refractivity contribution >= 4 is 40.6 Å². The minimum atomic E-state index is -0.992. The van der Waals surface area contributed by atoms with Crippen LogP contribution in [0, 0.1) is 20.2 Å². The molecule has 0 saturated carbocycles. The molecule has 114 valence electrons. The smallest absolute Gasteiger partial charge is 0.358 e. The van der Waals surface area contributed by atoms with Gasteiger partial charge in [0.25, 0.3) is 6.33 Å². The Labute approximate surface area is 132 Å². The first-order valence-corrected chi connectivity index (χ1v) is 6.39. The number of carbonyl (C=O) groups is 1. The second kappa shape index (κ2) is 6.08. The van der Waals surface area contributed by atoms with Gasteiger partial charge in [0.2, 0.25) is 5.78 Å². The number of halogens is 2. The van der Waals surface area contributed by atoms with E-state index in [1.165, 1.54) is 18.2 Å². The van der Waals surface area contributed by atoms with Crippen LogP contribution in [0.1, 0.15) is 10.4 Å². The second-order valence-electron chi connectivity index (χ2n) is 4.08. The third kappa shape index (κ3) is 3.05. The molecule has 0 unspecified atom stereocenters. The highest BCUT2D eigenvalue weighted by Gasteiger charge is 2.33. The maximum Gasteiger partial charge on any atom is 0.462 e. The Balaban J connectivity index is 2.36. The first-order valence-electron chi connectivity index (χ1n) is 5.63. The molecule has 0 N–H and O–H groups in total. The highest BCUT2D eigenvalue weighted by molar-refractivity contribution is 6.36. The predicted octanol–water partition coefficient (Wildman–Crippen LogP) is 2.89. The van der Waals surface area contributed by atoms with Gasteiger partial charge in [0.1, 0.15) is 0 Å². The number of nitrogens with zero attached hydrogens (tertiary/aromatic N) is 4. The summed E-state index contributed by atoms with van der Waals surface area (Å²) >= 11 is 11.6. The number of carbonyl (C=O) groups excluding carboxylic acids is 1. The van der Waals surface area contributed by atoms with E-state index in [4.69, 9.17) is 23.2 Å². The van der Waals surface area contributed by atoms with Gasteiger partial charge in [-0.1, -0.05) is 23.2 Å². The standard InChI is InChI=1S/C11H6Cl2N4O5/c12-6-1-2-7(8(13)3-6)9(18)4-15-5-14-10(16(19)20)11(15)17(21)22/h1-3,5H,4H2. The van der Waals surface area contributed by atoms with E-state index in [0.717, 1.165) is 10.9 Å². The van der Waals surface area contributed by atoms with E-state index in [1.807, 2.05) is 0 Å². The van der Waals surface area contributed by atoms with Crippen LogP contribution in [0.2, 0.25) is 10.0 Å². The lowest BCUT2D eigenvalue weighted by Crippen LogP contribution is -2.12. The maximum atomic E-state index is 12.1. The molecule has 0 atom stereocenters. The van der Waals surface area contributed by atoms with Crippen LogP contribution in [0.3, 0.4) is 0 Å². The Kier molecular flexibility index (Phi) is 4.38. The van der Waals surface area contributed by atoms with Crippen molar-refractivity contribution < 1.29 is 14.6 Å². The highest BCUT2D eigenvalue weighted by Crippen LogP contribution is 2.26. The SMILES string of the molecule is O=C(Cn1cnc([N+](=O)[O-])c1[N+](=O)[O-])c1ccc(Cl)cc1Cl. The zero-order valence-corrected chi connectivity index (χ0v) is 12.1. The lowest BCUT2D eigenvalue weighted by molar-refractivity contribution is -0.428. The van der Waals surface area contributed by atoms with Gasteiger partial charge < -0.3 is 20.2 Å². The summed E-state index contributed by atoms with van der Waals surface area (Å²) in [4.78, 5) is 35.1. The number of aromatic nitrogens is 2. The van der Waals surface area contributed by atoms with Crippen LogP contribution < -0.4 is 0 Å². The number of ketones is 1. The molecule has 1 aromatic heterocycles. The quantitative estimate of drug-likeness (QED) is 0.467. The molecule has 2 rings (SSSR count). The Morgan fingerprint density at radius 1 is 1.23 bits per heavy atom. The monoisotopic (exact) mass is 344 g/mol. The average Bonchev–Trinajstić information content (AvgIpc) is 2.82. The van der Waals surface area contributed by atoms with Crippen LogP contribution in [0.5, 0.6) is 0 Å². The van der Waals surface area contributed by atoms with Gasteiger partial charge in [-0.15, -0.1) is 0 Å². The largest absolute Gasteiger partial charge is 0.462 e. The van der Waals surface area contributed by atoms with Gasteiger partial charge in [-0.3, -0.25) is 4.79 Å². The summed E-state index contributed by atoms with van der Waals surface area (Å²) in [6.45, 7) is -0.515. The molecule has 1 aromatic carbocycles. The number of Topliss-reactive ketones (excluding diaryl/α,β-unsaturated/α-hetero) is 1. The molecule has 0 aliphatic heterocycles. The summed E-state index contributed by atoms with van der Waals surface area (Å²) in [5, 5.41) is 22.0. The van der Waals surface area contributed by atoms with Crippen molar-refractivity contribution in [2.24, 2.45) is 0 Å². The normalized spacial score (nSPS) is 10.5. The number of hydrogen-bond donors (Lipinski definition) is 0. The van der Waals surface area contributed by atoms with E-state index in [2.05, 4.69) is 4.98 Å². The van der Waals surface area contributed by atoms with Crippen molar-refractivity contribution in [3.63, 3.8) is 0 Å². The summed E-state index contributed by atoms with van der Waals surface area (Å²) in [6, 6.07) is 4.15. The van der Waals surface area contributed by atoms with Gasteiger partial charge in [0.15, 0.2) is 6.54 Å². The summed E-state index contributed by atoms with van der Waals surface area (Å²) in [7, 11) is 0. The van der Waals surface area contributed by atoms with Gasteiger partial charge in [0, 0.05) is 15.6 Å². The van der Waals surface area contributed by atoms with Gasteiger partial charge in [-0.05, 0) is 28.0 Å². The second-order valence-corrected chi connectivity index (χ2v) is 4.92. The fourth-order valence-corrected chi connectivity index (χ4v) is 2.27. The maximum absolute atomic E-state index is 12.1. The van der Waals surface area contributed by atoms with E-state index < -0.39 is 33.8 Å². The van der Waals surface area contributed by atoms with E-state index in [9.17, 15) is 25.0 Å². The van der Waals surface area contributed by atoms with E-state index in [-0.39, 0.29) is 10.6 Å². The number of hydrogen-bond acceptors (Lipinski definition) is 6. The van der Waals surface area contributed by atoms with E-state index in [0.29, 0.717) is 5.02 Å². The number of nitro groups is 2. The molecule has 0 aliphatic carbocycles. The van der Waals surface area contributed by atoms with Crippen LogP contribution in [-0.4, -0.2) is 25.2 Å². The fraction of sp³-hybridized carbons (Fsp3) is 0.0909. The predicted molar refractivity (Wildman–Crippen MR) is 76.3 cm³/mol. The van der Waals surface area contributed by atoms with Crippen molar-refractivity contribution in [2.45, 2.75) is 6.54 Å². The summed E-state index contributed by atoms with van der Waals surface area (Å²) in [6.07, 6.45) is 0.859. The number of rotatable bonds is 5. The number of imidazole rings is 1. The average molecular weight is 345 g/mol. The molecule has 11 heteroatoms. The molecular formula is C11H6Cl2N4O5. The van der Waals surface area contributed by atoms with Crippen LogP contribution in [0.4, 0.5) is 11.6 Å². The topological polar surface area (TPSA) is 121 Å². The zero-order chi connectivity index (χ0) is 16.4. The van der Waals surface area contributed by atoms with Crippen LogP contribution >= 0.6 is 23.2 Å². The Morgan fingerprint density at radius 3 is 2.45 bits per heavy atom. The summed E-state index contributed by atoms with van der Waals surface area (Å²) in [5.41, 5.74) is 0.0942. The molecule has 22 heavy (non-hydrogen) atoms. The number of benzene rings is 1. The molecule has 0 amide bonds. The Morgan fingerprint density at radius 2 is 1.91 bits per heavy atom. The van der Waals surface area contributed by atoms with Crippen molar-refractivity contribution in [3.8, 4) is 0 Å². The van der Waals surface area contributed by atoms with Gasteiger partial charge in [-0.2, -0.15) is 4.57 Å².